The number of amides is 1. The summed E-state index contributed by atoms with van der Waals surface area (Å²) in [5, 5.41) is 4.41. The lowest BCUT2D eigenvalue weighted by molar-refractivity contribution is -0.122. The third-order valence-electron chi connectivity index (χ3n) is 4.59. The zero-order valence-electron chi connectivity index (χ0n) is 14.2. The van der Waals surface area contributed by atoms with Gasteiger partial charge in [-0.15, -0.1) is 0 Å². The van der Waals surface area contributed by atoms with E-state index in [1.807, 2.05) is 66.7 Å². The molecule has 0 aliphatic heterocycles. The summed E-state index contributed by atoms with van der Waals surface area (Å²) in [6.45, 7) is 0. The highest BCUT2D eigenvalue weighted by atomic mass is 16.2. The van der Waals surface area contributed by atoms with Gasteiger partial charge in [-0.3, -0.25) is 9.78 Å². The highest BCUT2D eigenvalue weighted by molar-refractivity contribution is 6.11. The molecule has 4 nitrogen and oxygen atoms in total. The fourth-order valence-corrected chi connectivity index (χ4v) is 3.12. The van der Waals surface area contributed by atoms with E-state index in [1.54, 1.807) is 6.20 Å². The lowest BCUT2D eigenvalue weighted by Gasteiger charge is -2.07. The Morgan fingerprint density at radius 1 is 0.923 bits per heavy atom. The number of hydrogen-bond acceptors (Lipinski definition) is 3. The lowest BCUT2D eigenvalue weighted by atomic mass is 10.1. The largest absolute Gasteiger partial charge is 0.273 e. The van der Waals surface area contributed by atoms with Crippen LogP contribution in [0.3, 0.4) is 0 Å². The lowest BCUT2D eigenvalue weighted by Crippen LogP contribution is -2.23. The Labute approximate surface area is 152 Å². The molecule has 1 aliphatic carbocycles. The number of aromatic nitrogens is 1. The Hall–Kier alpha value is -3.27. The van der Waals surface area contributed by atoms with Crippen molar-refractivity contribution in [3.05, 3.63) is 102 Å². The topological polar surface area (TPSA) is 54.4 Å². The van der Waals surface area contributed by atoms with Crippen LogP contribution >= 0.6 is 0 Å². The van der Waals surface area contributed by atoms with Crippen LogP contribution in [-0.2, 0) is 4.79 Å². The maximum absolute atomic E-state index is 12.5. The van der Waals surface area contributed by atoms with Gasteiger partial charge < -0.3 is 0 Å². The minimum Gasteiger partial charge on any atom is -0.273 e. The fourth-order valence-electron chi connectivity index (χ4n) is 3.12. The number of hydrazone groups is 1. The predicted octanol–water partition coefficient (Wildman–Crippen LogP) is 3.75. The van der Waals surface area contributed by atoms with Crippen molar-refractivity contribution < 1.29 is 4.79 Å². The smallest absolute Gasteiger partial charge is 0.243 e. The highest BCUT2D eigenvalue weighted by Crippen LogP contribution is 2.47. The molecule has 1 N–H and O–H groups in total. The van der Waals surface area contributed by atoms with Crippen molar-refractivity contribution in [1.29, 1.82) is 0 Å². The molecule has 2 aromatic carbocycles. The summed E-state index contributed by atoms with van der Waals surface area (Å²) in [6.07, 6.45) is 2.59. The molecule has 1 fully saturated rings. The van der Waals surface area contributed by atoms with E-state index in [0.29, 0.717) is 11.6 Å². The van der Waals surface area contributed by atoms with Gasteiger partial charge in [-0.1, -0.05) is 66.7 Å². The first-order valence-corrected chi connectivity index (χ1v) is 8.72. The van der Waals surface area contributed by atoms with E-state index in [9.17, 15) is 4.79 Å². The van der Waals surface area contributed by atoms with Crippen LogP contribution in [0.15, 0.2) is 90.2 Å². The predicted molar refractivity (Wildman–Crippen MR) is 102 cm³/mol. The van der Waals surface area contributed by atoms with E-state index < -0.39 is 0 Å². The van der Waals surface area contributed by atoms with Crippen LogP contribution in [0, 0.1) is 5.92 Å². The minimum atomic E-state index is -0.0387. The van der Waals surface area contributed by atoms with Gasteiger partial charge in [0.05, 0.1) is 5.69 Å². The van der Waals surface area contributed by atoms with Gasteiger partial charge in [-0.25, -0.2) is 5.43 Å². The van der Waals surface area contributed by atoms with Gasteiger partial charge in [0, 0.05) is 17.7 Å². The van der Waals surface area contributed by atoms with Crippen molar-refractivity contribution in [2.24, 2.45) is 11.0 Å². The normalized spacial score (nSPS) is 19.0. The first kappa shape index (κ1) is 16.2. The number of rotatable bonds is 5. The molecular weight excluding hydrogens is 322 g/mol. The van der Waals surface area contributed by atoms with E-state index in [1.165, 1.54) is 5.56 Å². The van der Waals surface area contributed by atoms with Crippen LogP contribution in [0.25, 0.3) is 0 Å². The Balaban J connectivity index is 1.52. The molecule has 1 heterocycles. The zero-order valence-corrected chi connectivity index (χ0v) is 14.2. The molecule has 3 aromatic rings. The Bertz CT molecular complexity index is 866. The average Bonchev–Trinajstić information content (AvgIpc) is 3.51. The molecule has 0 spiro atoms. The molecule has 0 bridgehead atoms. The zero-order chi connectivity index (χ0) is 17.8. The summed E-state index contributed by atoms with van der Waals surface area (Å²) < 4.78 is 0. The second kappa shape index (κ2) is 7.31. The number of nitrogens with zero attached hydrogens (tertiary/aromatic N) is 2. The van der Waals surface area contributed by atoms with Crippen LogP contribution < -0.4 is 5.43 Å². The van der Waals surface area contributed by atoms with Crippen molar-refractivity contribution in [3.63, 3.8) is 0 Å². The summed E-state index contributed by atoms with van der Waals surface area (Å²) in [4.78, 5) is 16.9. The van der Waals surface area contributed by atoms with Crippen LogP contribution in [-0.4, -0.2) is 16.6 Å². The fraction of sp³-hybridized carbons (Fsp3) is 0.136. The summed E-state index contributed by atoms with van der Waals surface area (Å²) in [5.74, 6) is 0.242. The standard InChI is InChI=1S/C22H19N3O/c26-22(19-15-18(19)16-9-3-1-4-10-16)25-24-21(17-11-5-2-6-12-17)20-13-7-8-14-23-20/h1-14,18-19H,15H2,(H,25,26)/b24-21+. The number of carbonyl (C=O) groups excluding carboxylic acids is 1. The Kier molecular flexibility index (Phi) is 4.56. The van der Waals surface area contributed by atoms with E-state index in [4.69, 9.17) is 0 Å². The van der Waals surface area contributed by atoms with Gasteiger partial charge in [0.1, 0.15) is 5.71 Å². The van der Waals surface area contributed by atoms with Crippen LogP contribution in [0.1, 0.15) is 29.2 Å². The van der Waals surface area contributed by atoms with Crippen molar-refractivity contribution in [2.45, 2.75) is 12.3 Å². The monoisotopic (exact) mass is 341 g/mol. The van der Waals surface area contributed by atoms with Gasteiger partial charge in [0.25, 0.3) is 0 Å². The van der Waals surface area contributed by atoms with Crippen molar-refractivity contribution in [3.8, 4) is 0 Å². The van der Waals surface area contributed by atoms with Gasteiger partial charge in [-0.2, -0.15) is 5.10 Å². The van der Waals surface area contributed by atoms with Crippen molar-refractivity contribution in [1.82, 2.24) is 10.4 Å². The molecular formula is C22H19N3O. The van der Waals surface area contributed by atoms with Gasteiger partial charge in [-0.05, 0) is 30.0 Å². The minimum absolute atomic E-state index is 0.0121. The Morgan fingerprint density at radius 3 is 2.31 bits per heavy atom. The second-order valence-electron chi connectivity index (χ2n) is 6.38. The SMILES string of the molecule is O=C(N/N=C(\c1ccccc1)c1ccccn1)C1CC1c1ccccc1. The molecule has 1 saturated carbocycles. The molecule has 4 rings (SSSR count). The molecule has 1 amide bonds. The molecule has 128 valence electrons. The molecule has 1 aromatic heterocycles. The summed E-state index contributed by atoms with van der Waals surface area (Å²) in [7, 11) is 0. The maximum atomic E-state index is 12.5. The first-order valence-electron chi connectivity index (χ1n) is 8.72. The number of pyridine rings is 1. The molecule has 1 aliphatic rings. The highest BCUT2D eigenvalue weighted by Gasteiger charge is 2.43. The van der Waals surface area contributed by atoms with E-state index in [2.05, 4.69) is 27.6 Å². The number of benzene rings is 2. The molecule has 2 unspecified atom stereocenters. The first-order chi connectivity index (χ1) is 12.8. The summed E-state index contributed by atoms with van der Waals surface area (Å²) >= 11 is 0. The Morgan fingerprint density at radius 2 is 1.62 bits per heavy atom. The third kappa shape index (κ3) is 3.54. The number of carbonyl (C=O) groups is 1. The molecule has 4 heteroatoms. The van der Waals surface area contributed by atoms with Gasteiger partial charge in [0.2, 0.25) is 5.91 Å². The van der Waals surface area contributed by atoms with Crippen LogP contribution in [0.2, 0.25) is 0 Å². The van der Waals surface area contributed by atoms with Gasteiger partial charge in [0.15, 0.2) is 0 Å². The molecule has 0 radical (unpaired) electrons. The molecule has 2 atom stereocenters. The number of nitrogens with one attached hydrogen (secondary N) is 1. The van der Waals surface area contributed by atoms with Crippen LogP contribution in [0.4, 0.5) is 0 Å². The van der Waals surface area contributed by atoms with Crippen molar-refractivity contribution >= 4 is 11.6 Å². The third-order valence-corrected chi connectivity index (χ3v) is 4.59. The van der Waals surface area contributed by atoms with Crippen molar-refractivity contribution in [2.75, 3.05) is 0 Å². The van der Waals surface area contributed by atoms with E-state index in [-0.39, 0.29) is 11.8 Å². The van der Waals surface area contributed by atoms with E-state index >= 15 is 0 Å². The maximum Gasteiger partial charge on any atom is 0.243 e. The quantitative estimate of drug-likeness (QED) is 0.567. The van der Waals surface area contributed by atoms with E-state index in [0.717, 1.165) is 17.7 Å². The summed E-state index contributed by atoms with van der Waals surface area (Å²) in [6, 6.07) is 25.6. The number of hydrogen-bond donors (Lipinski definition) is 1. The van der Waals surface area contributed by atoms with Gasteiger partial charge >= 0.3 is 0 Å². The summed E-state index contributed by atoms with van der Waals surface area (Å²) in [5.41, 5.74) is 6.28. The second-order valence-corrected chi connectivity index (χ2v) is 6.38. The average molecular weight is 341 g/mol. The van der Waals surface area contributed by atoms with Crippen LogP contribution in [0.5, 0.6) is 0 Å². The molecule has 26 heavy (non-hydrogen) atoms. The molecule has 0 saturated heterocycles.